The summed E-state index contributed by atoms with van der Waals surface area (Å²) < 4.78 is 5.56. The Morgan fingerprint density at radius 1 is 1.12 bits per heavy atom. The Hall–Kier alpha value is -2.79. The second kappa shape index (κ2) is 6.76. The van der Waals surface area contributed by atoms with Crippen LogP contribution in [0.3, 0.4) is 0 Å². The largest absolute Gasteiger partial charge is 0.488 e. The van der Waals surface area contributed by atoms with Crippen molar-refractivity contribution in [2.75, 3.05) is 6.61 Å². The molecule has 24 heavy (non-hydrogen) atoms. The first kappa shape index (κ1) is 16.1. The lowest BCUT2D eigenvalue weighted by molar-refractivity contribution is -0.125. The zero-order chi connectivity index (χ0) is 17.1. The van der Waals surface area contributed by atoms with Crippen molar-refractivity contribution in [2.45, 2.75) is 6.04 Å². The number of nitrogens with two attached hydrogens (primary N) is 1. The van der Waals surface area contributed by atoms with Crippen LogP contribution in [0, 0.1) is 0 Å². The average molecular weight is 343 g/mol. The Bertz CT molecular complexity index is 815. The fraction of sp³-hybridized carbons (Fsp3) is 0.111. The van der Waals surface area contributed by atoms with Gasteiger partial charge in [0, 0.05) is 10.6 Å². The molecule has 122 valence electrons. The van der Waals surface area contributed by atoms with E-state index in [1.165, 1.54) is 0 Å². The maximum absolute atomic E-state index is 12.5. The van der Waals surface area contributed by atoms with Crippen molar-refractivity contribution in [2.24, 2.45) is 5.73 Å². The summed E-state index contributed by atoms with van der Waals surface area (Å²) in [6.45, 7) is 0.134. The number of halogens is 1. The minimum Gasteiger partial charge on any atom is -0.488 e. The van der Waals surface area contributed by atoms with E-state index in [0.717, 1.165) is 11.3 Å². The van der Waals surface area contributed by atoms with Crippen LogP contribution >= 0.6 is 11.6 Å². The van der Waals surface area contributed by atoms with Gasteiger partial charge in [0.05, 0.1) is 5.57 Å². The zero-order valence-electron chi connectivity index (χ0n) is 12.7. The molecule has 0 aromatic heterocycles. The van der Waals surface area contributed by atoms with Crippen LogP contribution in [0.2, 0.25) is 5.02 Å². The molecule has 0 spiro atoms. The number of benzene rings is 2. The molecule has 0 saturated heterocycles. The Morgan fingerprint density at radius 2 is 1.83 bits per heavy atom. The molecular weight excluding hydrogens is 328 g/mol. The highest BCUT2D eigenvalue weighted by Crippen LogP contribution is 2.26. The van der Waals surface area contributed by atoms with Gasteiger partial charge >= 0.3 is 0 Å². The Kier molecular flexibility index (Phi) is 4.53. The summed E-state index contributed by atoms with van der Waals surface area (Å²) in [5.41, 5.74) is 7.23. The van der Waals surface area contributed by atoms with Gasteiger partial charge in [-0.3, -0.25) is 9.59 Å². The summed E-state index contributed by atoms with van der Waals surface area (Å²) in [7, 11) is 0. The van der Waals surface area contributed by atoms with Gasteiger partial charge in [0.1, 0.15) is 18.4 Å². The second-order valence-electron chi connectivity index (χ2n) is 5.36. The molecule has 1 aliphatic rings. The molecule has 0 aliphatic carbocycles. The molecule has 6 heteroatoms. The first-order chi connectivity index (χ1) is 11.5. The zero-order valence-corrected chi connectivity index (χ0v) is 13.4. The molecule has 0 radical (unpaired) electrons. The Morgan fingerprint density at radius 3 is 2.54 bits per heavy atom. The summed E-state index contributed by atoms with van der Waals surface area (Å²) in [6.07, 6.45) is 1.74. The molecule has 3 N–H and O–H groups in total. The molecule has 3 rings (SSSR count). The van der Waals surface area contributed by atoms with Gasteiger partial charge in [-0.1, -0.05) is 41.9 Å². The summed E-state index contributed by atoms with van der Waals surface area (Å²) in [5.74, 6) is -0.329. The van der Waals surface area contributed by atoms with Crippen molar-refractivity contribution in [1.82, 2.24) is 5.32 Å². The second-order valence-corrected chi connectivity index (χ2v) is 5.79. The highest BCUT2D eigenvalue weighted by Gasteiger charge is 2.24. The number of amides is 2. The third kappa shape index (κ3) is 3.41. The van der Waals surface area contributed by atoms with Gasteiger partial charge in [-0.25, -0.2) is 0 Å². The minimum atomic E-state index is -0.937. The van der Waals surface area contributed by atoms with E-state index in [1.54, 1.807) is 30.3 Å². The van der Waals surface area contributed by atoms with E-state index in [0.29, 0.717) is 16.2 Å². The average Bonchev–Trinajstić information content (AvgIpc) is 2.59. The Labute approximate surface area is 144 Å². The molecule has 1 heterocycles. The lowest BCUT2D eigenvalue weighted by atomic mass is 10.0. The summed E-state index contributed by atoms with van der Waals surface area (Å²) in [5, 5.41) is 3.18. The predicted molar refractivity (Wildman–Crippen MR) is 91.4 cm³/mol. The van der Waals surface area contributed by atoms with Gasteiger partial charge in [-0.2, -0.15) is 0 Å². The first-order valence-electron chi connectivity index (χ1n) is 7.32. The van der Waals surface area contributed by atoms with Crippen molar-refractivity contribution in [1.29, 1.82) is 0 Å². The normalized spacial score (nSPS) is 14.0. The summed E-state index contributed by atoms with van der Waals surface area (Å²) >= 11 is 5.84. The molecule has 2 amide bonds. The number of carbonyl (C=O) groups is 2. The van der Waals surface area contributed by atoms with E-state index in [-0.39, 0.29) is 6.61 Å². The molecular formula is C18H15ClN2O3. The molecule has 5 nitrogen and oxygen atoms in total. The monoisotopic (exact) mass is 342 g/mol. The van der Waals surface area contributed by atoms with Crippen molar-refractivity contribution >= 4 is 29.5 Å². The number of fused-ring (bicyclic) bond motifs is 1. The molecule has 0 bridgehead atoms. The van der Waals surface area contributed by atoms with E-state index < -0.39 is 17.9 Å². The van der Waals surface area contributed by atoms with Gasteiger partial charge in [-0.15, -0.1) is 0 Å². The van der Waals surface area contributed by atoms with Crippen molar-refractivity contribution < 1.29 is 14.3 Å². The van der Waals surface area contributed by atoms with Gasteiger partial charge in [0.2, 0.25) is 5.91 Å². The third-order valence-corrected chi connectivity index (χ3v) is 3.94. The summed E-state index contributed by atoms with van der Waals surface area (Å²) in [4.78, 5) is 24.2. The molecule has 2 aromatic rings. The lowest BCUT2D eigenvalue weighted by Crippen LogP contribution is -2.39. The van der Waals surface area contributed by atoms with E-state index in [4.69, 9.17) is 22.1 Å². The number of hydrogen-bond donors (Lipinski definition) is 2. The molecule has 1 atom stereocenters. The van der Waals surface area contributed by atoms with E-state index >= 15 is 0 Å². The number of hydrogen-bond acceptors (Lipinski definition) is 3. The van der Waals surface area contributed by atoms with Crippen LogP contribution in [0.1, 0.15) is 17.2 Å². The number of rotatable bonds is 4. The maximum atomic E-state index is 12.5. The topological polar surface area (TPSA) is 81.4 Å². The number of nitrogens with one attached hydrogen (secondary N) is 1. The van der Waals surface area contributed by atoms with Gasteiger partial charge in [0.15, 0.2) is 0 Å². The van der Waals surface area contributed by atoms with Crippen molar-refractivity contribution in [3.63, 3.8) is 0 Å². The molecule has 1 unspecified atom stereocenters. The van der Waals surface area contributed by atoms with Crippen LogP contribution in [0.5, 0.6) is 5.75 Å². The fourth-order valence-corrected chi connectivity index (χ4v) is 2.57. The van der Waals surface area contributed by atoms with Gasteiger partial charge < -0.3 is 15.8 Å². The van der Waals surface area contributed by atoms with Crippen molar-refractivity contribution in [3.8, 4) is 5.75 Å². The molecule has 1 aliphatic heterocycles. The van der Waals surface area contributed by atoms with Crippen LogP contribution in [0.25, 0.3) is 6.08 Å². The number of para-hydroxylation sites is 1. The fourth-order valence-electron chi connectivity index (χ4n) is 2.44. The smallest absolute Gasteiger partial charge is 0.251 e. The molecule has 0 saturated carbocycles. The van der Waals surface area contributed by atoms with E-state index in [1.807, 2.05) is 24.3 Å². The quantitative estimate of drug-likeness (QED) is 0.895. The number of ether oxygens (including phenoxy) is 1. The van der Waals surface area contributed by atoms with Crippen LogP contribution in [-0.4, -0.2) is 18.4 Å². The van der Waals surface area contributed by atoms with E-state index in [9.17, 15) is 9.59 Å². The highest BCUT2D eigenvalue weighted by atomic mass is 35.5. The highest BCUT2D eigenvalue weighted by molar-refractivity contribution is 6.30. The van der Waals surface area contributed by atoms with Crippen molar-refractivity contribution in [3.05, 3.63) is 70.3 Å². The first-order valence-corrected chi connectivity index (χ1v) is 7.70. The van der Waals surface area contributed by atoms with Crippen LogP contribution in [0.15, 0.2) is 54.1 Å². The SMILES string of the molecule is NC(=O)C(NC(=O)C1=Cc2ccccc2OC1)c1ccc(Cl)cc1. The summed E-state index contributed by atoms with van der Waals surface area (Å²) in [6, 6.07) is 13.1. The van der Waals surface area contributed by atoms with Gasteiger partial charge in [0.25, 0.3) is 5.91 Å². The van der Waals surface area contributed by atoms with Crippen LogP contribution < -0.4 is 15.8 Å². The van der Waals surface area contributed by atoms with Crippen LogP contribution in [0.4, 0.5) is 0 Å². The van der Waals surface area contributed by atoms with Gasteiger partial charge in [-0.05, 0) is 29.8 Å². The number of carbonyl (C=O) groups excluding carboxylic acids is 2. The third-order valence-electron chi connectivity index (χ3n) is 3.69. The predicted octanol–water partition coefficient (Wildman–Crippen LogP) is 2.46. The Balaban J connectivity index is 1.81. The van der Waals surface area contributed by atoms with Crippen LogP contribution in [-0.2, 0) is 9.59 Å². The standard InChI is InChI=1S/C18H15ClN2O3/c19-14-7-5-11(6-8-14)16(17(20)22)21-18(23)13-9-12-3-1-2-4-15(12)24-10-13/h1-9,16H,10H2,(H2,20,22)(H,21,23). The van der Waals surface area contributed by atoms with E-state index in [2.05, 4.69) is 5.32 Å². The molecule has 0 fully saturated rings. The molecule has 2 aromatic carbocycles. The minimum absolute atomic E-state index is 0.134. The maximum Gasteiger partial charge on any atom is 0.251 e. The lowest BCUT2D eigenvalue weighted by Gasteiger charge is -2.20. The number of primary amides is 1.